The van der Waals surface area contributed by atoms with Crippen LogP contribution in [-0.2, 0) is 19.9 Å². The van der Waals surface area contributed by atoms with Crippen LogP contribution in [0.2, 0.25) is 0 Å². The van der Waals surface area contributed by atoms with Gasteiger partial charge in [-0.05, 0) is 24.6 Å². The Bertz CT molecular complexity index is 681. The number of rotatable bonds is 8. The van der Waals surface area contributed by atoms with Gasteiger partial charge in [0.25, 0.3) is 0 Å². The van der Waals surface area contributed by atoms with Gasteiger partial charge in [-0.3, -0.25) is 0 Å². The largest absolute Gasteiger partial charge is 0.495 e. The first-order valence-electron chi connectivity index (χ1n) is 6.60. The third-order valence-corrected chi connectivity index (χ3v) is 5.52. The van der Waals surface area contributed by atoms with Gasteiger partial charge < -0.3 is 4.74 Å². The zero-order valence-electron chi connectivity index (χ0n) is 12.4. The summed E-state index contributed by atoms with van der Waals surface area (Å²) in [6.07, 6.45) is 3.65. The highest BCUT2D eigenvalue weighted by Crippen LogP contribution is 2.26. The average Bonchev–Trinajstić information content (AvgIpc) is 2.42. The molecule has 0 heterocycles. The molecule has 0 aromatic heterocycles. The molecular weight excluding hydrogens is 314 g/mol. The first kappa shape index (κ1) is 17.9. The van der Waals surface area contributed by atoms with E-state index in [0.717, 1.165) is 31.6 Å². The van der Waals surface area contributed by atoms with Crippen LogP contribution in [0.3, 0.4) is 0 Å². The Morgan fingerprint density at radius 3 is 2.33 bits per heavy atom. The molecule has 120 valence electrons. The minimum atomic E-state index is -3.81. The predicted molar refractivity (Wildman–Crippen MR) is 80.8 cm³/mol. The second-order valence-corrected chi connectivity index (χ2v) is 8.44. The van der Waals surface area contributed by atoms with Gasteiger partial charge in [0.1, 0.15) is 10.6 Å². The van der Waals surface area contributed by atoms with Crippen molar-refractivity contribution < 1.29 is 21.6 Å². The Morgan fingerprint density at radius 2 is 1.81 bits per heavy atom. The fourth-order valence-electron chi connectivity index (χ4n) is 1.76. The topological polar surface area (TPSA) is 89.5 Å². The lowest BCUT2D eigenvalue weighted by molar-refractivity contribution is 0.401. The summed E-state index contributed by atoms with van der Waals surface area (Å²) in [5.74, 6) is 0.116. The zero-order valence-corrected chi connectivity index (χ0v) is 14.1. The van der Waals surface area contributed by atoms with Crippen molar-refractivity contribution in [1.82, 2.24) is 4.72 Å². The fourth-order valence-corrected chi connectivity index (χ4v) is 3.75. The highest BCUT2D eigenvalue weighted by Gasteiger charge is 2.21. The van der Waals surface area contributed by atoms with Gasteiger partial charge in [-0.1, -0.05) is 19.8 Å². The highest BCUT2D eigenvalue weighted by atomic mass is 32.2. The molecule has 0 aliphatic rings. The molecular formula is C13H21NO5S2. The summed E-state index contributed by atoms with van der Waals surface area (Å²) >= 11 is 0. The van der Waals surface area contributed by atoms with Crippen molar-refractivity contribution in [3.05, 3.63) is 18.2 Å². The maximum absolute atomic E-state index is 12.3. The number of benzene rings is 1. The molecule has 0 aliphatic heterocycles. The molecule has 0 saturated carbocycles. The number of sulfonamides is 1. The van der Waals surface area contributed by atoms with E-state index in [1.54, 1.807) is 0 Å². The van der Waals surface area contributed by atoms with Crippen LogP contribution in [0.15, 0.2) is 28.0 Å². The summed E-state index contributed by atoms with van der Waals surface area (Å²) in [4.78, 5) is -0.221. The van der Waals surface area contributed by atoms with E-state index in [2.05, 4.69) is 4.72 Å². The molecule has 1 rings (SSSR count). The van der Waals surface area contributed by atoms with Gasteiger partial charge in [-0.25, -0.2) is 21.6 Å². The normalized spacial score (nSPS) is 12.3. The van der Waals surface area contributed by atoms with Gasteiger partial charge in [0.15, 0.2) is 9.84 Å². The maximum atomic E-state index is 12.3. The molecule has 0 saturated heterocycles. The lowest BCUT2D eigenvalue weighted by Gasteiger charge is -2.12. The lowest BCUT2D eigenvalue weighted by Crippen LogP contribution is -2.25. The van der Waals surface area contributed by atoms with Crippen LogP contribution in [0.25, 0.3) is 0 Å². The molecule has 0 atom stereocenters. The molecule has 1 aromatic rings. The van der Waals surface area contributed by atoms with Crippen molar-refractivity contribution in [3.63, 3.8) is 0 Å². The molecule has 0 radical (unpaired) electrons. The van der Waals surface area contributed by atoms with Crippen LogP contribution >= 0.6 is 0 Å². The zero-order chi connectivity index (χ0) is 16.1. The maximum Gasteiger partial charge on any atom is 0.244 e. The Hall–Kier alpha value is -1.12. The third-order valence-electron chi connectivity index (χ3n) is 2.93. The molecule has 0 spiro atoms. The number of hydrogen-bond acceptors (Lipinski definition) is 5. The summed E-state index contributed by atoms with van der Waals surface area (Å²) in [5, 5.41) is 0. The molecule has 1 aromatic carbocycles. The summed E-state index contributed by atoms with van der Waals surface area (Å²) < 4.78 is 55.1. The molecule has 0 unspecified atom stereocenters. The molecule has 0 aliphatic carbocycles. The number of nitrogens with one attached hydrogen (secondary N) is 1. The molecule has 0 bridgehead atoms. The summed E-state index contributed by atoms with van der Waals surface area (Å²) in [6.45, 7) is 2.33. The quantitative estimate of drug-likeness (QED) is 0.728. The van der Waals surface area contributed by atoms with E-state index in [9.17, 15) is 16.8 Å². The van der Waals surface area contributed by atoms with Crippen molar-refractivity contribution in [2.24, 2.45) is 0 Å². The first-order valence-corrected chi connectivity index (χ1v) is 9.97. The van der Waals surface area contributed by atoms with E-state index in [4.69, 9.17) is 4.74 Å². The van der Waals surface area contributed by atoms with E-state index in [1.807, 2.05) is 6.92 Å². The van der Waals surface area contributed by atoms with Crippen molar-refractivity contribution in [2.45, 2.75) is 36.0 Å². The molecule has 6 nitrogen and oxygen atoms in total. The van der Waals surface area contributed by atoms with Crippen LogP contribution in [0, 0.1) is 0 Å². The Kier molecular flexibility index (Phi) is 6.18. The number of hydrogen-bond donors (Lipinski definition) is 1. The van der Waals surface area contributed by atoms with Crippen LogP contribution in [0.1, 0.15) is 26.2 Å². The monoisotopic (exact) mass is 335 g/mol. The molecule has 0 amide bonds. The number of unbranched alkanes of at least 4 members (excludes halogenated alkanes) is 2. The van der Waals surface area contributed by atoms with Crippen LogP contribution in [0.4, 0.5) is 0 Å². The lowest BCUT2D eigenvalue weighted by atomic mass is 10.3. The average molecular weight is 335 g/mol. The van der Waals surface area contributed by atoms with Crippen LogP contribution in [-0.4, -0.2) is 36.7 Å². The standard InChI is InChI=1S/C13H21NO5S2/c1-4-5-6-9-14-21(17,18)13-10-11(20(3,15)16)7-8-12(13)19-2/h7-8,10,14H,4-6,9H2,1-3H3. The Labute approximate surface area is 126 Å². The van der Waals surface area contributed by atoms with Crippen molar-refractivity contribution >= 4 is 19.9 Å². The third kappa shape index (κ3) is 4.98. The van der Waals surface area contributed by atoms with E-state index in [-0.39, 0.29) is 15.5 Å². The second-order valence-electron chi connectivity index (χ2n) is 4.69. The van der Waals surface area contributed by atoms with Gasteiger partial charge in [-0.15, -0.1) is 0 Å². The van der Waals surface area contributed by atoms with Gasteiger partial charge in [0, 0.05) is 12.8 Å². The smallest absolute Gasteiger partial charge is 0.244 e. The van der Waals surface area contributed by atoms with Gasteiger partial charge >= 0.3 is 0 Å². The Morgan fingerprint density at radius 1 is 1.14 bits per heavy atom. The molecule has 0 fully saturated rings. The second kappa shape index (κ2) is 7.24. The fraction of sp³-hybridized carbons (Fsp3) is 0.538. The molecule has 1 N–H and O–H groups in total. The number of methoxy groups -OCH3 is 1. The van der Waals surface area contributed by atoms with E-state index in [1.165, 1.54) is 19.2 Å². The highest BCUT2D eigenvalue weighted by molar-refractivity contribution is 7.91. The van der Waals surface area contributed by atoms with Crippen molar-refractivity contribution in [2.75, 3.05) is 19.9 Å². The predicted octanol–water partition coefficient (Wildman–Crippen LogP) is 1.57. The van der Waals surface area contributed by atoms with Crippen molar-refractivity contribution in [3.8, 4) is 5.75 Å². The summed E-state index contributed by atoms with van der Waals surface area (Å²) in [6, 6.07) is 3.79. The first-order chi connectivity index (χ1) is 9.72. The minimum Gasteiger partial charge on any atom is -0.495 e. The minimum absolute atomic E-state index is 0.0581. The SMILES string of the molecule is CCCCCNS(=O)(=O)c1cc(S(C)(=O)=O)ccc1OC. The number of sulfone groups is 1. The van der Waals surface area contributed by atoms with Gasteiger partial charge in [0.05, 0.1) is 12.0 Å². The summed E-state index contributed by atoms with van der Waals surface area (Å²) in [7, 11) is -5.95. The van der Waals surface area contributed by atoms with Gasteiger partial charge in [-0.2, -0.15) is 0 Å². The summed E-state index contributed by atoms with van der Waals surface area (Å²) in [5.41, 5.74) is 0. The van der Waals surface area contributed by atoms with E-state index in [0.29, 0.717) is 6.54 Å². The molecule has 8 heteroatoms. The van der Waals surface area contributed by atoms with Crippen LogP contribution < -0.4 is 9.46 Å². The van der Waals surface area contributed by atoms with E-state index >= 15 is 0 Å². The van der Waals surface area contributed by atoms with Gasteiger partial charge in [0.2, 0.25) is 10.0 Å². The van der Waals surface area contributed by atoms with Crippen molar-refractivity contribution in [1.29, 1.82) is 0 Å². The van der Waals surface area contributed by atoms with E-state index < -0.39 is 19.9 Å². The number of ether oxygens (including phenoxy) is 1. The Balaban J connectivity index is 3.14. The van der Waals surface area contributed by atoms with Crippen LogP contribution in [0.5, 0.6) is 5.75 Å². The molecule has 21 heavy (non-hydrogen) atoms.